The summed E-state index contributed by atoms with van der Waals surface area (Å²) in [6, 6.07) is 12.3. The van der Waals surface area contributed by atoms with Gasteiger partial charge in [0.25, 0.3) is 5.91 Å². The number of rotatable bonds is 4. The second-order valence-electron chi connectivity index (χ2n) is 5.00. The number of hydrogen-bond acceptors (Lipinski definition) is 5. The molecule has 0 saturated heterocycles. The number of methoxy groups -OCH3 is 1. The van der Waals surface area contributed by atoms with Gasteiger partial charge >= 0.3 is 6.03 Å². The monoisotopic (exact) mass is 359 g/mol. The highest BCUT2D eigenvalue weighted by Gasteiger charge is 2.20. The molecule has 7 nitrogen and oxygen atoms in total. The van der Waals surface area contributed by atoms with E-state index in [0.29, 0.717) is 17.0 Å². The number of anilines is 2. The summed E-state index contributed by atoms with van der Waals surface area (Å²) in [6.45, 7) is 1.37. The third-order valence-electron chi connectivity index (χ3n) is 3.18. The van der Waals surface area contributed by atoms with Crippen molar-refractivity contribution in [2.24, 2.45) is 0 Å². The molecule has 25 heavy (non-hydrogen) atoms. The number of amides is 4. The van der Waals surface area contributed by atoms with Crippen LogP contribution < -0.4 is 19.7 Å². The van der Waals surface area contributed by atoms with Crippen LogP contribution in [0.15, 0.2) is 48.5 Å². The van der Waals surface area contributed by atoms with Crippen LogP contribution in [0.25, 0.3) is 0 Å². The van der Waals surface area contributed by atoms with Crippen LogP contribution in [-0.4, -0.2) is 25.0 Å². The molecule has 2 aromatic rings. The van der Waals surface area contributed by atoms with Crippen molar-refractivity contribution in [2.75, 3.05) is 16.7 Å². The normalized spacial score (nSPS) is 9.88. The first-order valence-corrected chi connectivity index (χ1v) is 7.67. The maximum Gasteiger partial charge on any atom is 0.338 e. The zero-order valence-electron chi connectivity index (χ0n) is 13.6. The molecule has 2 aromatic carbocycles. The fraction of sp³-hybridized carbons (Fsp3) is 0.118. The number of benzene rings is 2. The van der Waals surface area contributed by atoms with Gasteiger partial charge in [0.05, 0.1) is 7.11 Å². The second-order valence-corrected chi connectivity index (χ2v) is 5.40. The van der Waals surface area contributed by atoms with Gasteiger partial charge in [-0.05, 0) is 30.3 Å². The van der Waals surface area contributed by atoms with Crippen molar-refractivity contribution in [3.05, 3.63) is 54.1 Å². The van der Waals surface area contributed by atoms with Gasteiger partial charge in [0.15, 0.2) is 0 Å². The van der Waals surface area contributed by atoms with Crippen LogP contribution in [0.2, 0.25) is 0 Å². The smallest absolute Gasteiger partial charge is 0.338 e. The van der Waals surface area contributed by atoms with Crippen molar-refractivity contribution in [2.45, 2.75) is 6.92 Å². The van der Waals surface area contributed by atoms with Crippen molar-refractivity contribution < 1.29 is 19.1 Å². The number of imide groups is 1. The quantitative estimate of drug-likeness (QED) is 0.733. The lowest BCUT2D eigenvalue weighted by Crippen LogP contribution is -2.38. The van der Waals surface area contributed by atoms with Crippen LogP contribution in [0.1, 0.15) is 17.3 Å². The Balaban J connectivity index is 2.20. The zero-order valence-corrected chi connectivity index (χ0v) is 14.5. The summed E-state index contributed by atoms with van der Waals surface area (Å²) in [6.07, 6.45) is 0. The first kappa shape index (κ1) is 18.3. The molecule has 0 spiro atoms. The minimum absolute atomic E-state index is 0.259. The third-order valence-corrected chi connectivity index (χ3v) is 3.57. The zero-order chi connectivity index (χ0) is 18.4. The van der Waals surface area contributed by atoms with Gasteiger partial charge in [0.1, 0.15) is 11.4 Å². The van der Waals surface area contributed by atoms with Crippen molar-refractivity contribution in [1.29, 1.82) is 0 Å². The van der Waals surface area contributed by atoms with Crippen LogP contribution in [0.5, 0.6) is 5.75 Å². The second kappa shape index (κ2) is 8.20. The summed E-state index contributed by atoms with van der Waals surface area (Å²) in [7, 11) is 1.44. The van der Waals surface area contributed by atoms with Crippen LogP contribution in [0, 0.1) is 0 Å². The molecular weight excluding hydrogens is 342 g/mol. The average molecular weight is 359 g/mol. The molecule has 2 rings (SSSR count). The standard InChI is InChI=1S/C17H17N3O4S/c1-11(21)18-13-8-9-15(24-2)14(10-13)20(25)17(23)19-16(22)12-6-4-3-5-7-12/h3-10,25H,1-2H3,(H,18,21)(H,19,22,23). The summed E-state index contributed by atoms with van der Waals surface area (Å²) in [5.74, 6) is -0.460. The number of thiol groups is 1. The molecule has 0 aromatic heterocycles. The summed E-state index contributed by atoms with van der Waals surface area (Å²) in [4.78, 5) is 35.6. The Morgan fingerprint density at radius 3 is 2.36 bits per heavy atom. The van der Waals surface area contributed by atoms with Crippen LogP contribution in [0.4, 0.5) is 16.2 Å². The molecule has 0 bridgehead atoms. The number of nitrogens with one attached hydrogen (secondary N) is 2. The van der Waals surface area contributed by atoms with Gasteiger partial charge in [-0.25, -0.2) is 9.10 Å². The van der Waals surface area contributed by atoms with E-state index in [-0.39, 0.29) is 11.6 Å². The van der Waals surface area contributed by atoms with E-state index in [1.165, 1.54) is 20.1 Å². The molecule has 0 heterocycles. The van der Waals surface area contributed by atoms with Crippen molar-refractivity contribution in [3.63, 3.8) is 0 Å². The Kier molecular flexibility index (Phi) is 6.02. The van der Waals surface area contributed by atoms with Gasteiger partial charge < -0.3 is 10.1 Å². The molecule has 0 saturated carbocycles. The lowest BCUT2D eigenvalue weighted by molar-refractivity contribution is -0.114. The number of carbonyl (C=O) groups excluding carboxylic acids is 3. The lowest BCUT2D eigenvalue weighted by atomic mass is 10.2. The number of ether oxygens (including phenoxy) is 1. The van der Waals surface area contributed by atoms with Gasteiger partial charge in [-0.15, -0.1) is 0 Å². The Morgan fingerprint density at radius 1 is 1.08 bits per heavy atom. The maximum atomic E-state index is 12.3. The molecule has 0 unspecified atom stereocenters. The van der Waals surface area contributed by atoms with E-state index >= 15 is 0 Å². The molecule has 2 N–H and O–H groups in total. The fourth-order valence-corrected chi connectivity index (χ4v) is 2.26. The van der Waals surface area contributed by atoms with Gasteiger partial charge in [0.2, 0.25) is 5.91 Å². The molecule has 0 fully saturated rings. The van der Waals surface area contributed by atoms with E-state index in [1.807, 2.05) is 0 Å². The first-order chi connectivity index (χ1) is 11.9. The molecule has 0 aliphatic carbocycles. The maximum absolute atomic E-state index is 12.3. The minimum atomic E-state index is -0.754. The number of carbonyl (C=O) groups is 3. The highest BCUT2D eigenvalue weighted by Crippen LogP contribution is 2.32. The number of hydrogen-bond donors (Lipinski definition) is 3. The van der Waals surface area contributed by atoms with Crippen LogP contribution >= 0.6 is 12.8 Å². The van der Waals surface area contributed by atoms with E-state index in [2.05, 4.69) is 23.4 Å². The Morgan fingerprint density at radius 2 is 1.76 bits per heavy atom. The molecule has 0 radical (unpaired) electrons. The Bertz CT molecular complexity index is 796. The van der Waals surface area contributed by atoms with Crippen molar-refractivity contribution in [1.82, 2.24) is 5.32 Å². The largest absolute Gasteiger partial charge is 0.495 e. The third kappa shape index (κ3) is 4.74. The number of nitrogens with zero attached hydrogens (tertiary/aromatic N) is 1. The predicted octanol–water partition coefficient (Wildman–Crippen LogP) is 2.85. The van der Waals surface area contributed by atoms with Crippen LogP contribution in [0.3, 0.4) is 0 Å². The molecule has 0 aliphatic heterocycles. The highest BCUT2D eigenvalue weighted by molar-refractivity contribution is 7.82. The minimum Gasteiger partial charge on any atom is -0.495 e. The van der Waals surface area contributed by atoms with E-state index < -0.39 is 11.9 Å². The van der Waals surface area contributed by atoms with Crippen molar-refractivity contribution in [3.8, 4) is 5.75 Å². The average Bonchev–Trinajstić information content (AvgIpc) is 2.61. The first-order valence-electron chi connectivity index (χ1n) is 7.27. The molecule has 130 valence electrons. The SMILES string of the molecule is COc1ccc(NC(C)=O)cc1N(S)C(=O)NC(=O)c1ccccc1. The van der Waals surface area contributed by atoms with Gasteiger partial charge in [0, 0.05) is 18.2 Å². The van der Waals surface area contributed by atoms with E-state index in [9.17, 15) is 14.4 Å². The Hall–Kier alpha value is -3.00. The number of urea groups is 1. The van der Waals surface area contributed by atoms with E-state index in [1.54, 1.807) is 42.5 Å². The Labute approximate surface area is 150 Å². The summed E-state index contributed by atoms with van der Waals surface area (Å²) < 4.78 is 6.13. The lowest BCUT2D eigenvalue weighted by Gasteiger charge is -2.19. The summed E-state index contributed by atoms with van der Waals surface area (Å²) in [5, 5.41) is 4.84. The van der Waals surface area contributed by atoms with E-state index in [0.717, 1.165) is 4.31 Å². The molecule has 0 aliphatic rings. The van der Waals surface area contributed by atoms with E-state index in [4.69, 9.17) is 4.74 Å². The summed E-state index contributed by atoms with van der Waals surface area (Å²) >= 11 is 4.14. The highest BCUT2D eigenvalue weighted by atomic mass is 32.1. The summed E-state index contributed by atoms with van der Waals surface area (Å²) in [5.41, 5.74) is 1.08. The molecule has 4 amide bonds. The molecular formula is C17H17N3O4S. The topological polar surface area (TPSA) is 87.7 Å². The predicted molar refractivity (Wildman–Crippen MR) is 98.1 cm³/mol. The molecule has 0 atom stereocenters. The van der Waals surface area contributed by atoms with Crippen LogP contribution in [-0.2, 0) is 4.79 Å². The van der Waals surface area contributed by atoms with Crippen molar-refractivity contribution >= 4 is 42.0 Å². The van der Waals surface area contributed by atoms with Gasteiger partial charge in [-0.2, -0.15) is 0 Å². The van der Waals surface area contributed by atoms with Gasteiger partial charge in [-0.1, -0.05) is 31.0 Å². The fourth-order valence-electron chi connectivity index (χ4n) is 2.06. The van der Waals surface area contributed by atoms with Gasteiger partial charge in [-0.3, -0.25) is 14.9 Å². The molecule has 8 heteroatoms.